The second-order valence-electron chi connectivity index (χ2n) is 1.94. The van der Waals surface area contributed by atoms with Crippen LogP contribution >= 0.6 is 10.8 Å². The molecule has 0 N–H and O–H groups in total. The van der Waals surface area contributed by atoms with Crippen LogP contribution in [0.5, 0.6) is 0 Å². The number of halogens is 3. The van der Waals surface area contributed by atoms with Crippen LogP contribution in [-0.4, -0.2) is 15.3 Å². The highest BCUT2D eigenvalue weighted by Gasteiger charge is 2.47. The molecule has 1 nitrogen and oxygen atoms in total. The summed E-state index contributed by atoms with van der Waals surface area (Å²) >= 11 is 0. The lowest BCUT2D eigenvalue weighted by molar-refractivity contribution is -0.134. The molecule has 0 radical (unpaired) electrons. The first-order chi connectivity index (χ1) is 4.49. The maximum absolute atomic E-state index is 11.5. The smallest absolute Gasteiger partial charge is 0.389 e. The molecule has 0 bridgehead atoms. The van der Waals surface area contributed by atoms with Gasteiger partial charge in [-0.05, 0) is 0 Å². The van der Waals surface area contributed by atoms with Crippen molar-refractivity contribution in [2.75, 3.05) is 0 Å². The predicted molar refractivity (Wildman–Crippen MR) is 34.8 cm³/mol. The van der Waals surface area contributed by atoms with E-state index in [0.29, 0.717) is 0 Å². The van der Waals surface area contributed by atoms with Crippen molar-refractivity contribution in [3.63, 3.8) is 0 Å². The molecule has 1 heterocycles. The predicted octanol–water partition coefficient (Wildman–Crippen LogP) is 2.07. The molecule has 1 fully saturated rings. The van der Waals surface area contributed by atoms with E-state index >= 15 is 0 Å². The van der Waals surface area contributed by atoms with Crippen molar-refractivity contribution < 1.29 is 17.7 Å². The molecule has 2 atom stereocenters. The van der Waals surface area contributed by atoms with Gasteiger partial charge in [0.25, 0.3) is 0 Å². The van der Waals surface area contributed by atoms with Gasteiger partial charge >= 0.3 is 6.18 Å². The molecule has 0 aliphatic carbocycles. The molecule has 0 aromatic carbocycles. The Hall–Kier alpha value is 0.450. The van der Waals surface area contributed by atoms with E-state index in [-0.39, 0.29) is 11.0 Å². The molecule has 6 heteroatoms. The van der Waals surface area contributed by atoms with Gasteiger partial charge in [0.05, 0.1) is 0 Å². The van der Waals surface area contributed by atoms with Gasteiger partial charge in [-0.15, -0.1) is 0 Å². The highest BCUT2D eigenvalue weighted by atomic mass is 33.2. The minimum atomic E-state index is -4.09. The molecule has 1 rings (SSSR count). The van der Waals surface area contributed by atoms with Gasteiger partial charge < -0.3 is 4.55 Å². The van der Waals surface area contributed by atoms with E-state index < -0.39 is 22.8 Å². The van der Waals surface area contributed by atoms with Crippen LogP contribution in [0, 0.1) is 0 Å². The summed E-state index contributed by atoms with van der Waals surface area (Å²) in [7, 11) is 0.0874. The van der Waals surface area contributed by atoms with Gasteiger partial charge in [-0.25, -0.2) is 0 Å². The fourth-order valence-electron chi connectivity index (χ4n) is 0.509. The van der Waals surface area contributed by atoms with Crippen LogP contribution in [0.3, 0.4) is 0 Å². The average molecular weight is 190 g/mol. The van der Waals surface area contributed by atoms with Crippen LogP contribution < -0.4 is 0 Å². The van der Waals surface area contributed by atoms with E-state index in [9.17, 15) is 17.7 Å². The van der Waals surface area contributed by atoms with Gasteiger partial charge in [0, 0.05) is 23.0 Å². The molecule has 0 aromatic rings. The molecule has 10 heavy (non-hydrogen) atoms. The van der Waals surface area contributed by atoms with E-state index in [0.717, 1.165) is 10.8 Å². The molecule has 0 amide bonds. The normalized spacial score (nSPS) is 32.4. The van der Waals surface area contributed by atoms with Crippen molar-refractivity contribution in [3.8, 4) is 0 Å². The molecule has 2 unspecified atom stereocenters. The largest absolute Gasteiger partial charge is 0.604 e. The highest BCUT2D eigenvalue weighted by Crippen LogP contribution is 2.48. The third kappa shape index (κ3) is 3.03. The second kappa shape index (κ2) is 2.83. The summed E-state index contributed by atoms with van der Waals surface area (Å²) in [6.07, 6.45) is -4.90. The average Bonchev–Trinajstić information content (AvgIpc) is 2.40. The minimum absolute atomic E-state index is 0.000772. The number of rotatable bonds is 2. The quantitative estimate of drug-likeness (QED) is 0.378. The van der Waals surface area contributed by atoms with Gasteiger partial charge in [-0.1, -0.05) is 0 Å². The zero-order valence-corrected chi connectivity index (χ0v) is 6.48. The molecule has 0 spiro atoms. The molecule has 0 saturated carbocycles. The molecular weight excluding hydrogens is 185 g/mol. The highest BCUT2D eigenvalue weighted by molar-refractivity contribution is 8.88. The van der Waals surface area contributed by atoms with Crippen LogP contribution in [0.15, 0.2) is 0 Å². The fourth-order valence-corrected chi connectivity index (χ4v) is 2.56. The Bertz CT molecular complexity index is 126. The minimum Gasteiger partial charge on any atom is -0.604 e. The van der Waals surface area contributed by atoms with E-state index in [1.54, 1.807) is 0 Å². The molecule has 1 aliphatic rings. The number of hydrogen-bond acceptors (Lipinski definition) is 2. The van der Waals surface area contributed by atoms with Crippen LogP contribution in [0.25, 0.3) is 0 Å². The van der Waals surface area contributed by atoms with Crippen molar-refractivity contribution >= 4 is 21.0 Å². The SMILES string of the molecule is [O-][S+]1SC1CCC(F)(F)F. The van der Waals surface area contributed by atoms with Crippen LogP contribution in [0.4, 0.5) is 13.2 Å². The van der Waals surface area contributed by atoms with Crippen molar-refractivity contribution in [2.45, 2.75) is 23.6 Å². The summed E-state index contributed by atoms with van der Waals surface area (Å²) in [6.45, 7) is 0. The van der Waals surface area contributed by atoms with Crippen molar-refractivity contribution in [1.82, 2.24) is 0 Å². The van der Waals surface area contributed by atoms with E-state index in [1.165, 1.54) is 0 Å². The monoisotopic (exact) mass is 190 g/mol. The van der Waals surface area contributed by atoms with Gasteiger partial charge in [0.2, 0.25) is 4.58 Å². The van der Waals surface area contributed by atoms with Crippen molar-refractivity contribution in [2.24, 2.45) is 0 Å². The maximum Gasteiger partial charge on any atom is 0.389 e. The van der Waals surface area contributed by atoms with E-state index in [2.05, 4.69) is 0 Å². The zero-order valence-electron chi connectivity index (χ0n) is 4.85. The summed E-state index contributed by atoms with van der Waals surface area (Å²) in [5.74, 6) is 0. The first-order valence-electron chi connectivity index (χ1n) is 2.63. The molecular formula is C4H5F3OS2. The van der Waals surface area contributed by atoms with E-state index in [1.807, 2.05) is 0 Å². The standard InChI is InChI=1S/C4H5F3OS2/c5-4(6,7)2-1-3-9-10(3)8/h3H,1-2H2. The maximum atomic E-state index is 11.5. The number of hydrogen-bond donors (Lipinski definition) is 0. The summed E-state index contributed by atoms with van der Waals surface area (Å²) < 4.78 is 44.4. The third-order valence-corrected chi connectivity index (χ3v) is 4.14. The van der Waals surface area contributed by atoms with Gasteiger partial charge in [0.15, 0.2) is 10.8 Å². The summed E-state index contributed by atoms with van der Waals surface area (Å²) in [4.78, 5) is 0. The van der Waals surface area contributed by atoms with Crippen molar-refractivity contribution in [1.29, 1.82) is 0 Å². The Balaban J connectivity index is 2.06. The lowest BCUT2D eigenvalue weighted by Gasteiger charge is -2.01. The number of alkyl halides is 3. The van der Waals surface area contributed by atoms with Crippen LogP contribution in [0.2, 0.25) is 0 Å². The first kappa shape index (κ1) is 8.55. The summed E-state index contributed by atoms with van der Waals surface area (Å²) in [5, 5.41) is 0. The molecule has 0 aromatic heterocycles. The first-order valence-corrected chi connectivity index (χ1v) is 5.24. The Labute approximate surface area is 62.9 Å². The lowest BCUT2D eigenvalue weighted by Crippen LogP contribution is -2.08. The summed E-state index contributed by atoms with van der Waals surface area (Å²) in [6, 6.07) is 0. The van der Waals surface area contributed by atoms with Crippen LogP contribution in [-0.2, 0) is 10.2 Å². The fraction of sp³-hybridized carbons (Fsp3) is 1.00. The molecule has 60 valence electrons. The summed E-state index contributed by atoms with van der Waals surface area (Å²) in [5.41, 5.74) is 0. The molecule has 1 saturated heterocycles. The van der Waals surface area contributed by atoms with Gasteiger partial charge in [0.1, 0.15) is 0 Å². The Morgan fingerprint density at radius 3 is 2.30 bits per heavy atom. The third-order valence-electron chi connectivity index (χ3n) is 1.04. The topological polar surface area (TPSA) is 23.1 Å². The van der Waals surface area contributed by atoms with Gasteiger partial charge in [-0.2, -0.15) is 13.2 Å². The van der Waals surface area contributed by atoms with Crippen molar-refractivity contribution in [3.05, 3.63) is 0 Å². The Kier molecular flexibility index (Phi) is 2.42. The Morgan fingerprint density at radius 1 is 1.50 bits per heavy atom. The second-order valence-corrected chi connectivity index (χ2v) is 5.65. The zero-order chi connectivity index (χ0) is 7.78. The lowest BCUT2D eigenvalue weighted by atomic mass is 10.3. The Morgan fingerprint density at radius 2 is 2.00 bits per heavy atom. The van der Waals surface area contributed by atoms with Crippen LogP contribution in [0.1, 0.15) is 12.8 Å². The van der Waals surface area contributed by atoms with Gasteiger partial charge in [-0.3, -0.25) is 0 Å². The van der Waals surface area contributed by atoms with E-state index in [4.69, 9.17) is 0 Å². The molecule has 1 aliphatic heterocycles.